The molecule has 3 nitrogen and oxygen atoms in total. The van der Waals surface area contributed by atoms with Crippen molar-refractivity contribution in [2.24, 2.45) is 0 Å². The van der Waals surface area contributed by atoms with Gasteiger partial charge < -0.3 is 0 Å². The van der Waals surface area contributed by atoms with E-state index >= 15 is 0 Å². The normalized spacial score (nSPS) is 11.3. The van der Waals surface area contributed by atoms with Gasteiger partial charge in [-0.3, -0.25) is 0 Å². The Bertz CT molecular complexity index is 3250. The zero-order valence-corrected chi connectivity index (χ0v) is 33.4. The van der Waals surface area contributed by atoms with Crippen molar-refractivity contribution in [2.45, 2.75) is 0 Å². The number of nitrogens with zero attached hydrogens (tertiary/aromatic N) is 3. The van der Waals surface area contributed by atoms with E-state index in [2.05, 4.69) is 229 Å². The first-order valence-electron chi connectivity index (χ1n) is 20.7. The van der Waals surface area contributed by atoms with E-state index in [1.54, 1.807) is 0 Å². The van der Waals surface area contributed by atoms with Gasteiger partial charge in [-0.1, -0.05) is 212 Å². The molecule has 3 aromatic heterocycles. The van der Waals surface area contributed by atoms with Crippen LogP contribution in [0, 0.1) is 0 Å². The second kappa shape index (κ2) is 15.6. The Morgan fingerprint density at radius 1 is 0.311 bits per heavy atom. The second-order valence-corrected chi connectivity index (χ2v) is 15.4. The van der Waals surface area contributed by atoms with Crippen molar-refractivity contribution < 1.29 is 0 Å². The summed E-state index contributed by atoms with van der Waals surface area (Å²) in [6, 6.07) is 84.0. The lowest BCUT2D eigenvalue weighted by Crippen LogP contribution is -1.97. The predicted molar refractivity (Wildman–Crippen MR) is 254 cm³/mol. The van der Waals surface area contributed by atoms with Gasteiger partial charge in [0.1, 0.15) is 5.69 Å². The quantitative estimate of drug-likeness (QED) is 0.154. The van der Waals surface area contributed by atoms with E-state index in [1.807, 2.05) is 12.1 Å². The molecule has 0 saturated carbocycles. The van der Waals surface area contributed by atoms with Gasteiger partial charge in [-0.2, -0.15) is 5.10 Å². The summed E-state index contributed by atoms with van der Waals surface area (Å²) in [7, 11) is 0. The fourth-order valence-corrected chi connectivity index (χ4v) is 8.65. The van der Waals surface area contributed by atoms with E-state index in [0.29, 0.717) is 0 Å². The fourth-order valence-electron chi connectivity index (χ4n) is 8.65. The van der Waals surface area contributed by atoms with Crippen LogP contribution < -0.4 is 0 Å². The minimum absolute atomic E-state index is 0.955. The maximum Gasteiger partial charge on any atom is 0.101 e. The lowest BCUT2D eigenvalue weighted by molar-refractivity contribution is 0.980. The average Bonchev–Trinajstić information content (AvgIpc) is 3.76. The van der Waals surface area contributed by atoms with Gasteiger partial charge >= 0.3 is 0 Å². The van der Waals surface area contributed by atoms with Crippen LogP contribution in [0.3, 0.4) is 0 Å². The molecule has 0 bridgehead atoms. The summed E-state index contributed by atoms with van der Waals surface area (Å²) < 4.78 is 2.18. The minimum Gasteiger partial charge on any atom is -0.248 e. The molecule has 0 amide bonds. The zero-order chi connectivity index (χ0) is 40.5. The van der Waals surface area contributed by atoms with Gasteiger partial charge in [-0.25, -0.2) is 9.50 Å². The van der Waals surface area contributed by atoms with E-state index in [4.69, 9.17) is 10.1 Å². The maximum absolute atomic E-state index is 5.47. The van der Waals surface area contributed by atoms with Gasteiger partial charge in [0.2, 0.25) is 0 Å². The number of aromatic nitrogens is 3. The van der Waals surface area contributed by atoms with Crippen LogP contribution in [0.25, 0.3) is 106 Å². The predicted octanol–water partition coefficient (Wildman–Crippen LogP) is 15.2. The van der Waals surface area contributed by atoms with Crippen LogP contribution in [-0.4, -0.2) is 14.6 Å². The molecule has 0 N–H and O–H groups in total. The summed E-state index contributed by atoms with van der Waals surface area (Å²) in [4.78, 5) is 5.11. The van der Waals surface area contributed by atoms with Crippen LogP contribution in [0.2, 0.25) is 0 Å². The molecule has 0 fully saturated rings. The second-order valence-electron chi connectivity index (χ2n) is 15.4. The molecule has 0 saturated heterocycles. The van der Waals surface area contributed by atoms with Gasteiger partial charge in [0.25, 0.3) is 0 Å². The van der Waals surface area contributed by atoms with E-state index in [0.717, 1.165) is 95.1 Å². The topological polar surface area (TPSA) is 30.2 Å². The maximum atomic E-state index is 5.47. The van der Waals surface area contributed by atoms with Crippen LogP contribution in [-0.2, 0) is 0 Å². The first-order chi connectivity index (χ1) is 30.2. The molecule has 0 aliphatic carbocycles. The highest BCUT2D eigenvalue weighted by molar-refractivity contribution is 6.14. The molecule has 0 unspecified atom stereocenters. The zero-order valence-electron chi connectivity index (χ0n) is 33.4. The Morgan fingerprint density at radius 2 is 0.787 bits per heavy atom. The Labute approximate surface area is 355 Å². The van der Waals surface area contributed by atoms with Crippen LogP contribution in [0.4, 0.5) is 0 Å². The van der Waals surface area contributed by atoms with Crippen molar-refractivity contribution in [1.82, 2.24) is 14.6 Å². The van der Waals surface area contributed by atoms with E-state index in [-0.39, 0.29) is 0 Å². The monoisotopic (exact) mass is 777 g/mol. The van der Waals surface area contributed by atoms with Crippen molar-refractivity contribution in [3.63, 3.8) is 0 Å². The highest BCUT2D eigenvalue weighted by atomic mass is 15.2. The van der Waals surface area contributed by atoms with Crippen LogP contribution in [0.1, 0.15) is 0 Å². The fraction of sp³-hybridized carbons (Fsp3) is 0. The average molecular weight is 778 g/mol. The third-order valence-corrected chi connectivity index (χ3v) is 11.6. The lowest BCUT2D eigenvalue weighted by Gasteiger charge is -2.15. The molecular formula is C58H39N3. The van der Waals surface area contributed by atoms with Crippen LogP contribution >= 0.6 is 0 Å². The summed E-state index contributed by atoms with van der Waals surface area (Å²) in [5.41, 5.74) is 18.6. The summed E-state index contributed by atoms with van der Waals surface area (Å²) in [6.45, 7) is 0. The van der Waals surface area contributed by atoms with Crippen LogP contribution in [0.5, 0.6) is 0 Å². The molecule has 11 aromatic rings. The van der Waals surface area contributed by atoms with E-state index in [1.165, 1.54) is 10.8 Å². The van der Waals surface area contributed by atoms with E-state index in [9.17, 15) is 0 Å². The summed E-state index contributed by atoms with van der Waals surface area (Å²) in [6.07, 6.45) is 0. The van der Waals surface area contributed by atoms with Crippen molar-refractivity contribution >= 4 is 16.3 Å². The van der Waals surface area contributed by atoms with Gasteiger partial charge in [0, 0.05) is 33.2 Å². The third-order valence-electron chi connectivity index (χ3n) is 11.6. The molecule has 3 heterocycles. The molecule has 0 spiro atoms. The standard InChI is InChI=1S/C58H39N3/c1-6-18-42(19-7-1)52-37-50(38-53(59-52)43-20-8-2-9-21-43)48-29-16-28-47(36-48)40-32-34-41(35-33-40)51-31-17-30-49-39-54(44-22-10-3-11-23-44)61-58(55(49)51)56(45-24-12-4-13-25-45)57(60-61)46-26-14-5-15-27-46/h1-39H. The largest absolute Gasteiger partial charge is 0.248 e. The molecule has 3 heteroatoms. The first kappa shape index (κ1) is 36.0. The number of rotatable bonds is 8. The van der Waals surface area contributed by atoms with Gasteiger partial charge in [-0.05, 0) is 68.6 Å². The molecule has 11 rings (SSSR count). The van der Waals surface area contributed by atoms with Gasteiger partial charge in [0.15, 0.2) is 0 Å². The smallest absolute Gasteiger partial charge is 0.101 e. The highest BCUT2D eigenvalue weighted by Gasteiger charge is 2.23. The minimum atomic E-state index is 0.955. The number of pyridine rings is 2. The number of hydrogen-bond donors (Lipinski definition) is 0. The Kier molecular flexibility index (Phi) is 9.18. The molecule has 0 atom stereocenters. The first-order valence-corrected chi connectivity index (χ1v) is 20.7. The number of benzene rings is 8. The Hall–Kier alpha value is -8.14. The molecule has 8 aromatic carbocycles. The van der Waals surface area contributed by atoms with Crippen molar-refractivity contribution in [3.05, 3.63) is 237 Å². The number of hydrogen-bond acceptors (Lipinski definition) is 2. The molecular weight excluding hydrogens is 739 g/mol. The molecule has 0 radical (unpaired) electrons. The molecule has 0 aliphatic heterocycles. The van der Waals surface area contributed by atoms with Gasteiger partial charge in [-0.15, -0.1) is 0 Å². The third kappa shape index (κ3) is 6.78. The molecule has 0 aliphatic rings. The molecule has 286 valence electrons. The lowest BCUT2D eigenvalue weighted by atomic mass is 9.91. The van der Waals surface area contributed by atoms with Crippen molar-refractivity contribution in [1.29, 1.82) is 0 Å². The Balaban J connectivity index is 1.05. The van der Waals surface area contributed by atoms with Crippen LogP contribution in [0.15, 0.2) is 237 Å². The van der Waals surface area contributed by atoms with Gasteiger partial charge in [0.05, 0.1) is 22.6 Å². The number of fused-ring (bicyclic) bond motifs is 3. The summed E-state index contributed by atoms with van der Waals surface area (Å²) >= 11 is 0. The van der Waals surface area contributed by atoms with Crippen molar-refractivity contribution in [2.75, 3.05) is 0 Å². The van der Waals surface area contributed by atoms with Crippen molar-refractivity contribution in [3.8, 4) is 89.5 Å². The molecule has 61 heavy (non-hydrogen) atoms. The Morgan fingerprint density at radius 3 is 1.38 bits per heavy atom. The summed E-state index contributed by atoms with van der Waals surface area (Å²) in [5, 5.41) is 7.80. The highest BCUT2D eigenvalue weighted by Crippen LogP contribution is 2.44. The van der Waals surface area contributed by atoms with E-state index < -0.39 is 0 Å². The SMILES string of the molecule is c1ccc(-c2cc(-c3cccc(-c4ccc(-c5cccc6cc(-c7ccccc7)n7nc(-c8ccccc8)c(-c8ccccc8)c7c56)cc4)c3)cc(-c3ccccc3)n2)cc1. The summed E-state index contributed by atoms with van der Waals surface area (Å²) in [5.74, 6) is 0.